The van der Waals surface area contributed by atoms with Crippen molar-refractivity contribution in [2.45, 2.75) is 37.6 Å². The van der Waals surface area contributed by atoms with E-state index in [1.165, 1.54) is 11.3 Å². The number of aliphatic carboxylic acids is 1. The van der Waals surface area contributed by atoms with E-state index in [1.807, 2.05) is 0 Å². The van der Waals surface area contributed by atoms with E-state index in [4.69, 9.17) is 0 Å². The van der Waals surface area contributed by atoms with E-state index in [9.17, 15) is 14.7 Å². The molecule has 5 heteroatoms. The Hall–Kier alpha value is -1.36. The van der Waals surface area contributed by atoms with Crippen molar-refractivity contribution in [2.75, 3.05) is 0 Å². The number of hydrogen-bond acceptors (Lipinski definition) is 4. The molecular weight excluding hydrogens is 238 g/mol. The van der Waals surface area contributed by atoms with Gasteiger partial charge in [-0.2, -0.15) is 0 Å². The molecule has 0 radical (unpaired) electrons. The molecule has 0 spiro atoms. The molecule has 4 nitrogen and oxygen atoms in total. The lowest BCUT2D eigenvalue weighted by molar-refractivity contribution is -0.315. The largest absolute Gasteiger partial charge is 0.548 e. The maximum Gasteiger partial charge on any atom is 0.262 e. The third-order valence-electron chi connectivity index (χ3n) is 3.20. The van der Waals surface area contributed by atoms with Crippen molar-refractivity contribution in [3.8, 4) is 0 Å². The molecule has 1 aliphatic carbocycles. The third-order valence-corrected chi connectivity index (χ3v) is 4.06. The molecule has 1 N–H and O–H groups in total. The number of amides is 1. The zero-order chi connectivity index (χ0) is 12.3. The molecule has 1 heterocycles. The van der Waals surface area contributed by atoms with Gasteiger partial charge in [-0.3, -0.25) is 4.79 Å². The standard InChI is InChI=1S/C12H15NO3S/c14-10(9-5-4-8-17-9)13-12(11(15)16)6-2-1-3-7-12/h4-5,8H,1-3,6-7H2,(H,13,14)(H,15,16)/p-1. The van der Waals surface area contributed by atoms with Gasteiger partial charge in [-0.15, -0.1) is 11.3 Å². The number of carboxylic acid groups (broad SMARTS) is 1. The van der Waals surface area contributed by atoms with Gasteiger partial charge in [0, 0.05) is 0 Å². The highest BCUT2D eigenvalue weighted by Gasteiger charge is 2.35. The minimum atomic E-state index is -1.17. The van der Waals surface area contributed by atoms with Gasteiger partial charge in [-0.05, 0) is 24.3 Å². The lowest BCUT2D eigenvalue weighted by Crippen LogP contribution is -2.60. The average molecular weight is 252 g/mol. The van der Waals surface area contributed by atoms with Crippen LogP contribution in [-0.4, -0.2) is 17.4 Å². The first-order valence-corrected chi connectivity index (χ1v) is 6.59. The maximum atomic E-state index is 11.9. The third kappa shape index (κ3) is 2.49. The molecule has 0 unspecified atom stereocenters. The zero-order valence-corrected chi connectivity index (χ0v) is 10.2. The highest BCUT2D eigenvalue weighted by Crippen LogP contribution is 2.28. The summed E-state index contributed by atoms with van der Waals surface area (Å²) in [6.07, 6.45) is 3.58. The SMILES string of the molecule is O=C(NC1(C(=O)[O-])CCCCC1)c1cccs1. The number of thiophene rings is 1. The topological polar surface area (TPSA) is 69.2 Å². The van der Waals surface area contributed by atoms with Crippen LogP contribution in [0.2, 0.25) is 0 Å². The van der Waals surface area contributed by atoms with Crippen LogP contribution in [0.25, 0.3) is 0 Å². The van der Waals surface area contributed by atoms with Crippen LogP contribution in [0.3, 0.4) is 0 Å². The average Bonchev–Trinajstić information content (AvgIpc) is 2.83. The van der Waals surface area contributed by atoms with E-state index in [0.29, 0.717) is 17.7 Å². The number of hydrogen-bond donors (Lipinski definition) is 1. The van der Waals surface area contributed by atoms with Crippen molar-refractivity contribution in [3.05, 3.63) is 22.4 Å². The Bertz CT molecular complexity index is 407. The molecule has 1 aromatic heterocycles. The van der Waals surface area contributed by atoms with E-state index >= 15 is 0 Å². The van der Waals surface area contributed by atoms with Crippen molar-refractivity contribution in [1.29, 1.82) is 0 Å². The summed E-state index contributed by atoms with van der Waals surface area (Å²) in [5.41, 5.74) is -1.17. The Labute approximate surface area is 104 Å². The number of nitrogens with one attached hydrogen (secondary N) is 1. The van der Waals surface area contributed by atoms with E-state index in [2.05, 4.69) is 5.32 Å². The molecule has 2 rings (SSSR count). The summed E-state index contributed by atoms with van der Waals surface area (Å²) < 4.78 is 0. The van der Waals surface area contributed by atoms with Crippen LogP contribution < -0.4 is 10.4 Å². The molecule has 1 aliphatic rings. The summed E-state index contributed by atoms with van der Waals surface area (Å²) in [6.45, 7) is 0. The minimum Gasteiger partial charge on any atom is -0.548 e. The lowest BCUT2D eigenvalue weighted by atomic mass is 9.81. The second-order valence-corrected chi connectivity index (χ2v) is 5.31. The summed E-state index contributed by atoms with van der Waals surface area (Å²) in [5, 5.41) is 15.7. The maximum absolute atomic E-state index is 11.9. The van der Waals surface area contributed by atoms with Gasteiger partial charge >= 0.3 is 0 Å². The van der Waals surface area contributed by atoms with Gasteiger partial charge in [-0.25, -0.2) is 0 Å². The highest BCUT2D eigenvalue weighted by atomic mass is 32.1. The van der Waals surface area contributed by atoms with Crippen LogP contribution in [0.4, 0.5) is 0 Å². The Kier molecular flexibility index (Phi) is 3.47. The lowest BCUT2D eigenvalue weighted by Gasteiger charge is -2.38. The molecule has 92 valence electrons. The van der Waals surface area contributed by atoms with Gasteiger partial charge in [0.15, 0.2) is 0 Å². The van der Waals surface area contributed by atoms with Gasteiger partial charge in [0.1, 0.15) is 0 Å². The molecule has 0 aliphatic heterocycles. The Morgan fingerprint density at radius 2 is 2.00 bits per heavy atom. The summed E-state index contributed by atoms with van der Waals surface area (Å²) in [4.78, 5) is 23.7. The van der Waals surface area contributed by atoms with Crippen LogP contribution in [-0.2, 0) is 4.79 Å². The van der Waals surface area contributed by atoms with Crippen molar-refractivity contribution in [3.63, 3.8) is 0 Å². The molecule has 0 bridgehead atoms. The molecule has 0 saturated heterocycles. The van der Waals surface area contributed by atoms with Crippen molar-refractivity contribution in [2.24, 2.45) is 0 Å². The van der Waals surface area contributed by atoms with Crippen LogP contribution in [0.5, 0.6) is 0 Å². The van der Waals surface area contributed by atoms with Crippen LogP contribution in [0, 0.1) is 0 Å². The molecule has 0 aromatic carbocycles. The number of carbonyl (C=O) groups excluding carboxylic acids is 2. The fraction of sp³-hybridized carbons (Fsp3) is 0.500. The summed E-state index contributed by atoms with van der Waals surface area (Å²) in [7, 11) is 0. The normalized spacial score (nSPS) is 18.6. The Morgan fingerprint density at radius 1 is 1.29 bits per heavy atom. The summed E-state index contributed by atoms with van der Waals surface area (Å²) in [6, 6.07) is 3.46. The Balaban J connectivity index is 2.13. The van der Waals surface area contributed by atoms with E-state index in [-0.39, 0.29) is 5.91 Å². The summed E-state index contributed by atoms with van der Waals surface area (Å²) in [5.74, 6) is -1.48. The highest BCUT2D eigenvalue weighted by molar-refractivity contribution is 7.12. The summed E-state index contributed by atoms with van der Waals surface area (Å²) >= 11 is 1.30. The van der Waals surface area contributed by atoms with Crippen molar-refractivity contribution in [1.82, 2.24) is 5.32 Å². The monoisotopic (exact) mass is 252 g/mol. The fourth-order valence-corrected chi connectivity index (χ4v) is 2.84. The molecule has 1 amide bonds. The van der Waals surface area contributed by atoms with E-state index < -0.39 is 11.5 Å². The van der Waals surface area contributed by atoms with Gasteiger partial charge in [0.05, 0.1) is 16.4 Å². The Morgan fingerprint density at radius 3 is 2.53 bits per heavy atom. The van der Waals surface area contributed by atoms with Gasteiger partial charge in [0.2, 0.25) is 0 Å². The van der Waals surface area contributed by atoms with Gasteiger partial charge in [0.25, 0.3) is 5.91 Å². The van der Waals surface area contributed by atoms with Crippen molar-refractivity contribution < 1.29 is 14.7 Å². The number of carbonyl (C=O) groups is 2. The predicted octanol–water partition coefficient (Wildman–Crippen LogP) is 0.931. The number of carboxylic acids is 1. The second kappa shape index (κ2) is 4.87. The van der Waals surface area contributed by atoms with E-state index in [0.717, 1.165) is 19.3 Å². The molecule has 0 atom stereocenters. The van der Waals surface area contributed by atoms with E-state index in [1.54, 1.807) is 17.5 Å². The number of rotatable bonds is 3. The zero-order valence-electron chi connectivity index (χ0n) is 9.40. The molecule has 1 fully saturated rings. The van der Waals surface area contributed by atoms with Crippen LogP contribution >= 0.6 is 11.3 Å². The molecule has 17 heavy (non-hydrogen) atoms. The van der Waals surface area contributed by atoms with Crippen molar-refractivity contribution >= 4 is 23.2 Å². The quantitative estimate of drug-likeness (QED) is 0.870. The van der Waals surface area contributed by atoms with Gasteiger partial charge in [-0.1, -0.05) is 25.3 Å². The fourth-order valence-electron chi connectivity index (χ4n) is 2.22. The van der Waals surface area contributed by atoms with Crippen LogP contribution in [0.1, 0.15) is 41.8 Å². The minimum absolute atomic E-state index is 0.314. The smallest absolute Gasteiger partial charge is 0.262 e. The first-order chi connectivity index (χ1) is 8.14. The first-order valence-electron chi connectivity index (χ1n) is 5.71. The van der Waals surface area contributed by atoms with Gasteiger partial charge < -0.3 is 15.2 Å². The first kappa shape index (κ1) is 12.1. The predicted molar refractivity (Wildman–Crippen MR) is 62.6 cm³/mol. The second-order valence-electron chi connectivity index (χ2n) is 4.36. The molecule has 1 saturated carbocycles. The van der Waals surface area contributed by atoms with Crippen LogP contribution in [0.15, 0.2) is 17.5 Å². The molecule has 1 aromatic rings. The molecular formula is C12H14NO3S-.